The summed E-state index contributed by atoms with van der Waals surface area (Å²) in [4.78, 5) is 14.1. The van der Waals surface area contributed by atoms with Crippen molar-refractivity contribution in [1.29, 1.82) is 0 Å². The van der Waals surface area contributed by atoms with E-state index in [2.05, 4.69) is 17.9 Å². The number of rotatable bonds is 3. The fourth-order valence-corrected chi connectivity index (χ4v) is 3.36. The minimum atomic E-state index is -0.137. The summed E-state index contributed by atoms with van der Waals surface area (Å²) in [6, 6.07) is 6.41. The molecule has 2 aliphatic rings. The summed E-state index contributed by atoms with van der Waals surface area (Å²) >= 11 is 0. The van der Waals surface area contributed by atoms with E-state index in [1.807, 2.05) is 12.1 Å². The molecule has 2 atom stereocenters. The van der Waals surface area contributed by atoms with Crippen LogP contribution in [0.3, 0.4) is 0 Å². The molecule has 0 spiro atoms. The molecular formula is C16H21NO3. The minimum Gasteiger partial charge on any atom is -0.497 e. The number of methoxy groups -OCH3 is 1. The predicted molar refractivity (Wildman–Crippen MR) is 75.8 cm³/mol. The second-order valence-electron chi connectivity index (χ2n) is 5.55. The number of esters is 1. The van der Waals surface area contributed by atoms with Gasteiger partial charge in [-0.25, -0.2) is 0 Å². The number of carbonyl (C=O) groups is 1. The smallest absolute Gasteiger partial charge is 0.320 e. The summed E-state index contributed by atoms with van der Waals surface area (Å²) in [5.74, 6) is 0.712. The first-order valence-corrected chi connectivity index (χ1v) is 7.33. The largest absolute Gasteiger partial charge is 0.497 e. The van der Waals surface area contributed by atoms with Crippen molar-refractivity contribution in [2.75, 3.05) is 20.2 Å². The van der Waals surface area contributed by atoms with Crippen molar-refractivity contribution < 1.29 is 14.3 Å². The molecule has 1 saturated heterocycles. The van der Waals surface area contributed by atoms with Gasteiger partial charge in [-0.3, -0.25) is 9.69 Å². The number of morpholine rings is 1. The summed E-state index contributed by atoms with van der Waals surface area (Å²) in [7, 11) is 1.66. The van der Waals surface area contributed by atoms with Crippen LogP contribution in [0.4, 0.5) is 0 Å². The molecule has 4 heteroatoms. The van der Waals surface area contributed by atoms with Gasteiger partial charge in [-0.2, -0.15) is 0 Å². The van der Waals surface area contributed by atoms with Crippen molar-refractivity contribution in [3.63, 3.8) is 0 Å². The number of carbonyl (C=O) groups excluding carboxylic acids is 1. The third-order valence-corrected chi connectivity index (χ3v) is 4.29. The van der Waals surface area contributed by atoms with Gasteiger partial charge < -0.3 is 9.47 Å². The molecule has 0 amide bonds. The van der Waals surface area contributed by atoms with Crippen LogP contribution in [-0.2, 0) is 16.0 Å². The molecule has 1 aliphatic heterocycles. The van der Waals surface area contributed by atoms with Crippen LogP contribution in [-0.4, -0.2) is 37.1 Å². The molecule has 4 nitrogen and oxygen atoms in total. The molecule has 108 valence electrons. The number of ether oxygens (including phenoxy) is 2. The Bertz CT molecular complexity index is 514. The van der Waals surface area contributed by atoms with E-state index >= 15 is 0 Å². The lowest BCUT2D eigenvalue weighted by Gasteiger charge is -2.43. The first-order chi connectivity index (χ1) is 9.72. The maximum atomic E-state index is 11.9. The van der Waals surface area contributed by atoms with E-state index in [0.29, 0.717) is 12.6 Å². The molecule has 20 heavy (non-hydrogen) atoms. The van der Waals surface area contributed by atoms with Gasteiger partial charge in [0.25, 0.3) is 0 Å². The molecule has 1 aromatic carbocycles. The Balaban J connectivity index is 1.95. The van der Waals surface area contributed by atoms with E-state index < -0.39 is 0 Å². The summed E-state index contributed by atoms with van der Waals surface area (Å²) in [6.45, 7) is 3.53. The number of nitrogens with zero attached hydrogens (tertiary/aromatic N) is 1. The Hall–Kier alpha value is -1.55. The zero-order valence-corrected chi connectivity index (χ0v) is 12.1. The highest BCUT2D eigenvalue weighted by molar-refractivity contribution is 5.73. The van der Waals surface area contributed by atoms with Crippen LogP contribution in [0.5, 0.6) is 5.75 Å². The maximum absolute atomic E-state index is 11.9. The standard InChI is InChI=1S/C16H21NO3/c1-3-8-17-10-15(18)20-16-13-9-12(19-2)6-4-11(13)5-7-14(16)17/h4,6,9,14,16H,3,5,7-8,10H2,1-2H3/t14-,16-/m1/s1. The Labute approximate surface area is 119 Å². The van der Waals surface area contributed by atoms with Gasteiger partial charge in [-0.15, -0.1) is 0 Å². The molecule has 1 fully saturated rings. The van der Waals surface area contributed by atoms with Crippen molar-refractivity contribution >= 4 is 5.97 Å². The molecule has 3 rings (SSSR count). The SMILES string of the molecule is CCCN1CC(=O)O[C@@H]2c3cc(OC)ccc3CC[C@H]21. The minimum absolute atomic E-state index is 0.115. The lowest BCUT2D eigenvalue weighted by Crippen LogP contribution is -2.51. The second-order valence-corrected chi connectivity index (χ2v) is 5.55. The van der Waals surface area contributed by atoms with E-state index in [4.69, 9.17) is 9.47 Å². The number of hydrogen-bond acceptors (Lipinski definition) is 4. The first-order valence-electron chi connectivity index (χ1n) is 7.33. The maximum Gasteiger partial charge on any atom is 0.320 e. The highest BCUT2D eigenvalue weighted by Crippen LogP contribution is 2.39. The lowest BCUT2D eigenvalue weighted by atomic mass is 9.84. The Morgan fingerprint density at radius 2 is 2.30 bits per heavy atom. The fraction of sp³-hybridized carbons (Fsp3) is 0.562. The summed E-state index contributed by atoms with van der Waals surface area (Å²) in [5.41, 5.74) is 2.40. The average molecular weight is 275 g/mol. The van der Waals surface area contributed by atoms with Crippen LogP contribution in [0.25, 0.3) is 0 Å². The van der Waals surface area contributed by atoms with E-state index in [1.54, 1.807) is 7.11 Å². The van der Waals surface area contributed by atoms with E-state index in [-0.39, 0.29) is 12.1 Å². The van der Waals surface area contributed by atoms with E-state index in [1.165, 1.54) is 5.56 Å². The molecule has 0 bridgehead atoms. The molecule has 1 heterocycles. The molecular weight excluding hydrogens is 254 g/mol. The number of hydrogen-bond donors (Lipinski definition) is 0. The molecule has 0 radical (unpaired) electrons. The van der Waals surface area contributed by atoms with Crippen molar-refractivity contribution in [1.82, 2.24) is 4.90 Å². The van der Waals surface area contributed by atoms with Crippen molar-refractivity contribution in [2.24, 2.45) is 0 Å². The number of aryl methyl sites for hydroxylation is 1. The quantitative estimate of drug-likeness (QED) is 0.794. The van der Waals surface area contributed by atoms with Crippen LogP contribution >= 0.6 is 0 Å². The lowest BCUT2D eigenvalue weighted by molar-refractivity contribution is -0.167. The van der Waals surface area contributed by atoms with Crippen LogP contribution in [0, 0.1) is 0 Å². The zero-order chi connectivity index (χ0) is 14.1. The van der Waals surface area contributed by atoms with Crippen LogP contribution in [0.2, 0.25) is 0 Å². The Kier molecular flexibility index (Phi) is 3.66. The normalized spacial score (nSPS) is 25.6. The van der Waals surface area contributed by atoms with Gasteiger partial charge in [0.2, 0.25) is 0 Å². The van der Waals surface area contributed by atoms with Crippen molar-refractivity contribution in [3.8, 4) is 5.75 Å². The summed E-state index contributed by atoms with van der Waals surface area (Å²) in [6.07, 6.45) is 3.01. The Morgan fingerprint density at radius 1 is 1.45 bits per heavy atom. The third-order valence-electron chi connectivity index (χ3n) is 4.29. The van der Waals surface area contributed by atoms with Crippen LogP contribution in [0.1, 0.15) is 37.0 Å². The van der Waals surface area contributed by atoms with Crippen LogP contribution in [0.15, 0.2) is 18.2 Å². The average Bonchev–Trinajstić information content (AvgIpc) is 2.46. The van der Waals surface area contributed by atoms with Crippen molar-refractivity contribution in [3.05, 3.63) is 29.3 Å². The molecule has 0 saturated carbocycles. The van der Waals surface area contributed by atoms with Crippen LogP contribution < -0.4 is 4.74 Å². The Morgan fingerprint density at radius 3 is 3.05 bits per heavy atom. The molecule has 1 aromatic rings. The second kappa shape index (κ2) is 5.44. The van der Waals surface area contributed by atoms with Gasteiger partial charge in [0, 0.05) is 5.56 Å². The van der Waals surface area contributed by atoms with Crippen molar-refractivity contribution in [2.45, 2.75) is 38.3 Å². The number of fused-ring (bicyclic) bond motifs is 3. The van der Waals surface area contributed by atoms with E-state index in [9.17, 15) is 4.79 Å². The molecule has 0 aromatic heterocycles. The van der Waals surface area contributed by atoms with Gasteiger partial charge in [-0.1, -0.05) is 13.0 Å². The van der Waals surface area contributed by atoms with E-state index in [0.717, 1.165) is 37.1 Å². The monoisotopic (exact) mass is 275 g/mol. The zero-order valence-electron chi connectivity index (χ0n) is 12.1. The number of benzene rings is 1. The molecule has 0 unspecified atom stereocenters. The molecule has 1 aliphatic carbocycles. The highest BCUT2D eigenvalue weighted by atomic mass is 16.5. The third kappa shape index (κ3) is 2.29. The highest BCUT2D eigenvalue weighted by Gasteiger charge is 2.40. The predicted octanol–water partition coefficient (Wildman–Crippen LogP) is 2.32. The topological polar surface area (TPSA) is 38.8 Å². The summed E-state index contributed by atoms with van der Waals surface area (Å²) in [5, 5.41) is 0. The summed E-state index contributed by atoms with van der Waals surface area (Å²) < 4.78 is 11.0. The fourth-order valence-electron chi connectivity index (χ4n) is 3.36. The van der Waals surface area contributed by atoms with Gasteiger partial charge in [-0.05, 0) is 43.5 Å². The van der Waals surface area contributed by atoms with Gasteiger partial charge in [0.15, 0.2) is 0 Å². The van der Waals surface area contributed by atoms with Gasteiger partial charge in [0.1, 0.15) is 11.9 Å². The van der Waals surface area contributed by atoms with Gasteiger partial charge in [0.05, 0.1) is 19.7 Å². The van der Waals surface area contributed by atoms with Gasteiger partial charge >= 0.3 is 5.97 Å². The first kappa shape index (κ1) is 13.4. The molecule has 0 N–H and O–H groups in total.